The number of nitrogens with zero attached hydrogens (tertiary/aromatic N) is 5. The van der Waals surface area contributed by atoms with Gasteiger partial charge in [-0.15, -0.1) is 0 Å². The zero-order valence-electron chi connectivity index (χ0n) is 15.9. The largest absolute Gasteiger partial charge is 0.480 e. The van der Waals surface area contributed by atoms with E-state index < -0.39 is 0 Å². The number of halogens is 1. The molecule has 1 aromatic carbocycles. The van der Waals surface area contributed by atoms with Crippen molar-refractivity contribution in [3.05, 3.63) is 65.1 Å². The maximum Gasteiger partial charge on any atom is 0.319 e. The lowest BCUT2D eigenvalue weighted by Gasteiger charge is -2.11. The Bertz CT molecular complexity index is 1210. The highest BCUT2D eigenvalue weighted by molar-refractivity contribution is 6.31. The van der Waals surface area contributed by atoms with E-state index in [-0.39, 0.29) is 6.01 Å². The van der Waals surface area contributed by atoms with Crippen molar-refractivity contribution in [1.82, 2.24) is 24.6 Å². The zero-order chi connectivity index (χ0) is 20.0. The van der Waals surface area contributed by atoms with Crippen molar-refractivity contribution in [3.63, 3.8) is 0 Å². The van der Waals surface area contributed by atoms with E-state index in [9.17, 15) is 0 Å². The predicted octanol–water partition coefficient (Wildman–Crippen LogP) is 4.13. The molecule has 0 bridgehead atoms. The minimum absolute atomic E-state index is 0.246. The zero-order valence-corrected chi connectivity index (χ0v) is 16.7. The summed E-state index contributed by atoms with van der Waals surface area (Å²) in [6.45, 7) is 0. The third-order valence-corrected chi connectivity index (χ3v) is 5.61. The van der Waals surface area contributed by atoms with Gasteiger partial charge in [0.15, 0.2) is 5.65 Å². The summed E-state index contributed by atoms with van der Waals surface area (Å²) in [7, 11) is 3.08. The number of hydrogen-bond acceptors (Lipinski definition) is 6. The van der Waals surface area contributed by atoms with Crippen LogP contribution in [0.1, 0.15) is 29.4 Å². The first-order valence-electron chi connectivity index (χ1n) is 9.23. The van der Waals surface area contributed by atoms with Crippen molar-refractivity contribution in [2.45, 2.75) is 18.3 Å². The number of aromatic nitrogens is 5. The Labute approximate surface area is 172 Å². The molecule has 0 radical (unpaired) electrons. The smallest absolute Gasteiger partial charge is 0.319 e. The third kappa shape index (κ3) is 3.07. The number of benzene rings is 1. The Morgan fingerprint density at radius 2 is 1.90 bits per heavy atom. The summed E-state index contributed by atoms with van der Waals surface area (Å²) in [5.41, 5.74) is 4.56. The molecule has 8 heteroatoms. The highest BCUT2D eigenvalue weighted by Gasteiger charge is 2.42. The van der Waals surface area contributed by atoms with Crippen LogP contribution in [-0.2, 0) is 0 Å². The van der Waals surface area contributed by atoms with Gasteiger partial charge in [-0.1, -0.05) is 29.8 Å². The summed E-state index contributed by atoms with van der Waals surface area (Å²) in [5, 5.41) is 5.49. The van der Waals surface area contributed by atoms with Crippen LogP contribution in [0.3, 0.4) is 0 Å². The molecule has 5 rings (SSSR count). The Hall–Kier alpha value is -3.19. The summed E-state index contributed by atoms with van der Waals surface area (Å²) in [6.07, 6.45) is 6.28. The van der Waals surface area contributed by atoms with Gasteiger partial charge < -0.3 is 9.47 Å². The van der Waals surface area contributed by atoms with Crippen molar-refractivity contribution in [2.24, 2.45) is 0 Å². The van der Waals surface area contributed by atoms with E-state index >= 15 is 0 Å². The number of methoxy groups -OCH3 is 2. The van der Waals surface area contributed by atoms with E-state index in [4.69, 9.17) is 21.1 Å². The second-order valence-electron chi connectivity index (χ2n) is 6.93. The van der Waals surface area contributed by atoms with Gasteiger partial charge in [0.05, 0.1) is 25.5 Å². The fraction of sp³-hybridized carbons (Fsp3) is 0.238. The van der Waals surface area contributed by atoms with Gasteiger partial charge in [0, 0.05) is 29.2 Å². The van der Waals surface area contributed by atoms with Crippen LogP contribution in [0.5, 0.6) is 11.9 Å². The van der Waals surface area contributed by atoms with Crippen molar-refractivity contribution in [3.8, 4) is 23.1 Å². The third-order valence-electron chi connectivity index (χ3n) is 5.27. The number of hydrogen-bond donors (Lipinski definition) is 0. The molecule has 3 heterocycles. The van der Waals surface area contributed by atoms with Crippen LogP contribution < -0.4 is 9.47 Å². The van der Waals surface area contributed by atoms with Gasteiger partial charge in [-0.3, -0.25) is 0 Å². The van der Waals surface area contributed by atoms with E-state index in [0.29, 0.717) is 23.3 Å². The van der Waals surface area contributed by atoms with Gasteiger partial charge >= 0.3 is 6.01 Å². The van der Waals surface area contributed by atoms with E-state index in [1.54, 1.807) is 24.0 Å². The molecule has 0 spiro atoms. The van der Waals surface area contributed by atoms with Crippen LogP contribution in [0.4, 0.5) is 0 Å². The minimum atomic E-state index is 0.246. The molecule has 0 saturated heterocycles. The van der Waals surface area contributed by atoms with Crippen LogP contribution in [0, 0.1) is 0 Å². The number of fused-ring (bicyclic) bond motifs is 1. The topological polar surface area (TPSA) is 74.4 Å². The molecule has 146 valence electrons. The molecule has 3 aromatic heterocycles. The van der Waals surface area contributed by atoms with E-state index in [1.165, 1.54) is 12.7 Å². The number of rotatable bonds is 5. The average Bonchev–Trinajstić information content (AvgIpc) is 3.40. The van der Waals surface area contributed by atoms with Crippen LogP contribution in [0.2, 0.25) is 5.02 Å². The minimum Gasteiger partial charge on any atom is -0.480 e. The summed E-state index contributed by atoms with van der Waals surface area (Å²) in [6, 6.07) is 10.3. The van der Waals surface area contributed by atoms with Crippen LogP contribution in [0.25, 0.3) is 16.9 Å². The molecule has 1 fully saturated rings. The molecular formula is C21H18ClN5O2. The molecule has 7 nitrogen and oxygen atoms in total. The molecule has 1 aliphatic carbocycles. The second-order valence-corrected chi connectivity index (χ2v) is 7.34. The number of imidazole rings is 1. The highest BCUT2D eigenvalue weighted by atomic mass is 35.5. The van der Waals surface area contributed by atoms with Crippen molar-refractivity contribution in [1.29, 1.82) is 0 Å². The van der Waals surface area contributed by atoms with Gasteiger partial charge in [0.25, 0.3) is 0 Å². The lowest BCUT2D eigenvalue weighted by Crippen LogP contribution is -2.02. The van der Waals surface area contributed by atoms with Crippen molar-refractivity contribution in [2.75, 3.05) is 14.2 Å². The van der Waals surface area contributed by atoms with Gasteiger partial charge in [0.2, 0.25) is 5.88 Å². The van der Waals surface area contributed by atoms with E-state index in [0.717, 1.165) is 28.3 Å². The molecule has 4 aromatic rings. The van der Waals surface area contributed by atoms with Crippen LogP contribution >= 0.6 is 11.6 Å². The Morgan fingerprint density at radius 1 is 1.07 bits per heavy atom. The fourth-order valence-corrected chi connectivity index (χ4v) is 4.06. The summed E-state index contributed by atoms with van der Waals surface area (Å²) < 4.78 is 12.3. The Balaban J connectivity index is 1.60. The average molecular weight is 408 g/mol. The first-order chi connectivity index (χ1) is 14.2. The molecule has 1 saturated carbocycles. The number of ether oxygens (including phenoxy) is 2. The Morgan fingerprint density at radius 3 is 2.69 bits per heavy atom. The van der Waals surface area contributed by atoms with Gasteiger partial charge in [-0.2, -0.15) is 10.1 Å². The maximum atomic E-state index is 6.43. The molecule has 2 atom stereocenters. The van der Waals surface area contributed by atoms with Crippen LogP contribution in [-0.4, -0.2) is 38.8 Å². The summed E-state index contributed by atoms with van der Waals surface area (Å²) in [4.78, 5) is 13.0. The second kappa shape index (κ2) is 7.00. The molecule has 0 N–H and O–H groups in total. The van der Waals surface area contributed by atoms with Crippen LogP contribution in [0.15, 0.2) is 48.9 Å². The lowest BCUT2D eigenvalue weighted by atomic mass is 10.0. The Kier molecular flexibility index (Phi) is 4.32. The normalized spacial score (nSPS) is 18.0. The van der Waals surface area contributed by atoms with Gasteiger partial charge in [-0.05, 0) is 36.0 Å². The quantitative estimate of drug-likeness (QED) is 0.495. The molecule has 0 aliphatic heterocycles. The fourth-order valence-electron chi connectivity index (χ4n) is 3.78. The highest BCUT2D eigenvalue weighted by Crippen LogP contribution is 2.57. The predicted molar refractivity (Wildman–Crippen MR) is 109 cm³/mol. The first-order valence-corrected chi connectivity index (χ1v) is 9.61. The SMILES string of the molecule is COc1ncc(-c2cc(C3C[C@@H]3c3ccccc3Cl)c3nccn3n2)c(OC)n1. The maximum absolute atomic E-state index is 6.43. The molecule has 29 heavy (non-hydrogen) atoms. The van der Waals surface area contributed by atoms with E-state index in [1.807, 2.05) is 24.4 Å². The lowest BCUT2D eigenvalue weighted by molar-refractivity contribution is 0.353. The molecule has 0 amide bonds. The first kappa shape index (κ1) is 17.9. The van der Waals surface area contributed by atoms with Crippen molar-refractivity contribution < 1.29 is 9.47 Å². The van der Waals surface area contributed by atoms with Crippen molar-refractivity contribution >= 4 is 17.2 Å². The molecule has 1 unspecified atom stereocenters. The molecular weight excluding hydrogens is 390 g/mol. The monoisotopic (exact) mass is 407 g/mol. The standard InChI is InChI=1S/C21H18ClN5O2/c1-28-20-16(11-24-21(25-20)29-2)18-10-15(19-23-7-8-27(19)26-18)14-9-13(14)12-5-3-4-6-17(12)22/h3-8,10-11,13-14H,9H2,1-2H3/t13-,14?/m1/s1. The summed E-state index contributed by atoms with van der Waals surface area (Å²) >= 11 is 6.43. The molecule has 1 aliphatic rings. The van der Waals surface area contributed by atoms with Gasteiger partial charge in [0.1, 0.15) is 0 Å². The summed E-state index contributed by atoms with van der Waals surface area (Å²) in [5.74, 6) is 1.10. The van der Waals surface area contributed by atoms with Gasteiger partial charge in [-0.25, -0.2) is 14.5 Å². The van der Waals surface area contributed by atoms with E-state index in [2.05, 4.69) is 32.2 Å².